The molecule has 0 aliphatic heterocycles. The van der Waals surface area contributed by atoms with E-state index in [0.29, 0.717) is 0 Å². The van der Waals surface area contributed by atoms with Gasteiger partial charge in [0.25, 0.3) is 5.91 Å². The van der Waals surface area contributed by atoms with E-state index >= 15 is 0 Å². The number of nitrogens with two attached hydrogens (primary N) is 1. The lowest BCUT2D eigenvalue weighted by Crippen LogP contribution is -2.46. The number of carbonyl (C=O) groups excluding carboxylic acids is 2. The van der Waals surface area contributed by atoms with Crippen molar-refractivity contribution in [2.75, 3.05) is 0 Å². The number of fused-ring (bicyclic) bond motifs is 1. The summed E-state index contributed by atoms with van der Waals surface area (Å²) in [5.41, 5.74) is 5.11. The van der Waals surface area contributed by atoms with Crippen molar-refractivity contribution in [1.29, 1.82) is 0 Å². The van der Waals surface area contributed by atoms with Crippen molar-refractivity contribution in [3.05, 3.63) is 65.6 Å². The summed E-state index contributed by atoms with van der Waals surface area (Å²) in [6.45, 7) is 0. The number of pyridine rings is 2. The van der Waals surface area contributed by atoms with Crippen molar-refractivity contribution in [2.24, 2.45) is 5.73 Å². The standard InChI is InChI=1S/C19H16N4O5/c20-17(25)12(9-10-5-2-1-3-6-10)22-18(26)14-11-7-4-8-21-13(11)16(24)15(23-14)19(27)28/h1-8,12,24H,9H2,(H2,20,25)(H,22,26)(H,27,28)/t12-/m0/s1. The summed E-state index contributed by atoms with van der Waals surface area (Å²) in [7, 11) is 0. The third-order valence-electron chi connectivity index (χ3n) is 4.08. The van der Waals surface area contributed by atoms with Crippen LogP contribution in [-0.2, 0) is 11.2 Å². The average molecular weight is 380 g/mol. The Morgan fingerprint density at radius 2 is 1.79 bits per heavy atom. The van der Waals surface area contributed by atoms with Crippen LogP contribution in [0.2, 0.25) is 0 Å². The minimum Gasteiger partial charge on any atom is -0.504 e. The Hall–Kier alpha value is -4.01. The molecular weight excluding hydrogens is 364 g/mol. The first kappa shape index (κ1) is 18.8. The molecule has 0 bridgehead atoms. The second kappa shape index (κ2) is 7.70. The van der Waals surface area contributed by atoms with Crippen LogP contribution in [0.5, 0.6) is 5.75 Å². The molecule has 0 fully saturated rings. The Morgan fingerprint density at radius 1 is 1.07 bits per heavy atom. The topological polar surface area (TPSA) is 156 Å². The molecule has 0 spiro atoms. The zero-order valence-electron chi connectivity index (χ0n) is 14.5. The number of amides is 2. The Morgan fingerprint density at radius 3 is 2.43 bits per heavy atom. The van der Waals surface area contributed by atoms with E-state index in [1.165, 1.54) is 18.3 Å². The van der Waals surface area contributed by atoms with E-state index in [4.69, 9.17) is 5.73 Å². The van der Waals surface area contributed by atoms with Gasteiger partial charge in [0.2, 0.25) is 5.91 Å². The van der Waals surface area contributed by atoms with Crippen LogP contribution in [0.25, 0.3) is 10.9 Å². The van der Waals surface area contributed by atoms with Gasteiger partial charge < -0.3 is 21.3 Å². The molecule has 0 aliphatic rings. The lowest BCUT2D eigenvalue weighted by Gasteiger charge is -2.16. The summed E-state index contributed by atoms with van der Waals surface area (Å²) in [4.78, 5) is 43.6. The van der Waals surface area contributed by atoms with Crippen LogP contribution >= 0.6 is 0 Å². The maximum atomic E-state index is 12.8. The number of nitrogens with zero attached hydrogens (tertiary/aromatic N) is 2. The zero-order valence-corrected chi connectivity index (χ0v) is 14.5. The van der Waals surface area contributed by atoms with Gasteiger partial charge in [-0.15, -0.1) is 0 Å². The van der Waals surface area contributed by atoms with E-state index in [1.54, 1.807) is 24.3 Å². The molecule has 1 aromatic carbocycles. The fourth-order valence-electron chi connectivity index (χ4n) is 2.74. The third-order valence-corrected chi connectivity index (χ3v) is 4.08. The number of benzene rings is 1. The summed E-state index contributed by atoms with van der Waals surface area (Å²) >= 11 is 0. The van der Waals surface area contributed by atoms with E-state index in [0.717, 1.165) is 5.56 Å². The van der Waals surface area contributed by atoms with Gasteiger partial charge in [-0.25, -0.2) is 9.78 Å². The number of rotatable bonds is 6. The summed E-state index contributed by atoms with van der Waals surface area (Å²) in [6.07, 6.45) is 1.50. The molecule has 142 valence electrons. The van der Waals surface area contributed by atoms with Crippen molar-refractivity contribution in [1.82, 2.24) is 15.3 Å². The van der Waals surface area contributed by atoms with Crippen LogP contribution in [0.15, 0.2) is 48.7 Å². The highest BCUT2D eigenvalue weighted by Gasteiger charge is 2.25. The second-order valence-corrected chi connectivity index (χ2v) is 5.98. The first-order valence-electron chi connectivity index (χ1n) is 8.23. The van der Waals surface area contributed by atoms with Crippen LogP contribution < -0.4 is 11.1 Å². The molecule has 2 heterocycles. The zero-order chi connectivity index (χ0) is 20.3. The molecule has 1 atom stereocenters. The molecule has 9 heteroatoms. The van der Waals surface area contributed by atoms with Gasteiger partial charge in [-0.2, -0.15) is 0 Å². The molecule has 0 saturated carbocycles. The summed E-state index contributed by atoms with van der Waals surface area (Å²) in [5.74, 6) is -3.72. The molecule has 5 N–H and O–H groups in total. The first-order chi connectivity index (χ1) is 13.4. The minimum absolute atomic E-state index is 0.0845. The highest BCUT2D eigenvalue weighted by Crippen LogP contribution is 2.27. The molecule has 0 unspecified atom stereocenters. The number of hydrogen-bond acceptors (Lipinski definition) is 6. The van der Waals surface area contributed by atoms with Crippen LogP contribution in [-0.4, -0.2) is 44.0 Å². The van der Waals surface area contributed by atoms with Gasteiger partial charge in [0.05, 0.1) is 0 Å². The van der Waals surface area contributed by atoms with Gasteiger partial charge in [-0.05, 0) is 17.7 Å². The monoisotopic (exact) mass is 380 g/mol. The first-order valence-corrected chi connectivity index (χ1v) is 8.23. The van der Waals surface area contributed by atoms with E-state index in [9.17, 15) is 24.6 Å². The van der Waals surface area contributed by atoms with Crippen molar-refractivity contribution in [2.45, 2.75) is 12.5 Å². The highest BCUT2D eigenvalue weighted by atomic mass is 16.4. The van der Waals surface area contributed by atoms with E-state index in [2.05, 4.69) is 15.3 Å². The van der Waals surface area contributed by atoms with Crippen molar-refractivity contribution >= 4 is 28.7 Å². The van der Waals surface area contributed by atoms with E-state index < -0.39 is 35.3 Å². The predicted molar refractivity (Wildman–Crippen MR) is 98.8 cm³/mol. The highest BCUT2D eigenvalue weighted by molar-refractivity contribution is 6.09. The molecule has 0 radical (unpaired) electrons. The van der Waals surface area contributed by atoms with Gasteiger partial charge in [-0.3, -0.25) is 14.6 Å². The Bertz CT molecular complexity index is 1070. The van der Waals surface area contributed by atoms with Crippen molar-refractivity contribution in [3.63, 3.8) is 0 Å². The molecule has 2 amide bonds. The molecule has 0 aliphatic carbocycles. The SMILES string of the molecule is NC(=O)[C@H](Cc1ccccc1)NC(=O)c1nc(C(=O)O)c(O)c2ncccc12. The summed E-state index contributed by atoms with van der Waals surface area (Å²) < 4.78 is 0. The predicted octanol–water partition coefficient (Wildman–Crippen LogP) is 0.860. The maximum absolute atomic E-state index is 12.8. The number of aromatic carboxylic acids is 1. The Labute approximate surface area is 158 Å². The molecule has 3 rings (SSSR count). The van der Waals surface area contributed by atoms with E-state index in [1.807, 2.05) is 6.07 Å². The van der Waals surface area contributed by atoms with Crippen LogP contribution in [0.4, 0.5) is 0 Å². The minimum atomic E-state index is -1.52. The lowest BCUT2D eigenvalue weighted by atomic mass is 10.0. The lowest BCUT2D eigenvalue weighted by molar-refractivity contribution is -0.119. The number of carboxylic acids is 1. The fraction of sp³-hybridized carbons (Fsp3) is 0.105. The van der Waals surface area contributed by atoms with E-state index in [-0.39, 0.29) is 23.0 Å². The normalized spacial score (nSPS) is 11.7. The average Bonchev–Trinajstić information content (AvgIpc) is 2.68. The number of nitrogens with one attached hydrogen (secondary N) is 1. The largest absolute Gasteiger partial charge is 0.504 e. The third kappa shape index (κ3) is 3.73. The number of primary amides is 1. The number of aromatic hydroxyl groups is 1. The number of hydrogen-bond donors (Lipinski definition) is 4. The van der Waals surface area contributed by atoms with Gasteiger partial charge in [0.1, 0.15) is 17.3 Å². The Kier molecular flexibility index (Phi) is 5.16. The number of carboxylic acid groups (broad SMARTS) is 1. The van der Waals surface area contributed by atoms with Gasteiger partial charge in [0, 0.05) is 18.0 Å². The second-order valence-electron chi connectivity index (χ2n) is 5.98. The molecular formula is C19H16N4O5. The van der Waals surface area contributed by atoms with Crippen LogP contribution in [0.1, 0.15) is 26.5 Å². The smallest absolute Gasteiger partial charge is 0.358 e. The van der Waals surface area contributed by atoms with Gasteiger partial charge in [0.15, 0.2) is 11.4 Å². The maximum Gasteiger partial charge on any atom is 0.358 e. The summed E-state index contributed by atoms with van der Waals surface area (Å²) in [6, 6.07) is 10.9. The van der Waals surface area contributed by atoms with Gasteiger partial charge >= 0.3 is 5.97 Å². The van der Waals surface area contributed by atoms with Gasteiger partial charge in [-0.1, -0.05) is 30.3 Å². The quantitative estimate of drug-likeness (QED) is 0.494. The van der Waals surface area contributed by atoms with Crippen molar-refractivity contribution < 1.29 is 24.6 Å². The van der Waals surface area contributed by atoms with Crippen molar-refractivity contribution in [3.8, 4) is 5.75 Å². The number of carbonyl (C=O) groups is 3. The molecule has 2 aromatic heterocycles. The molecule has 3 aromatic rings. The molecule has 28 heavy (non-hydrogen) atoms. The molecule has 9 nitrogen and oxygen atoms in total. The Balaban J connectivity index is 1.99. The number of aromatic nitrogens is 2. The summed E-state index contributed by atoms with van der Waals surface area (Å²) in [5, 5.41) is 21.9. The fourth-order valence-corrected chi connectivity index (χ4v) is 2.74. The van der Waals surface area contributed by atoms with Crippen LogP contribution in [0.3, 0.4) is 0 Å². The molecule has 0 saturated heterocycles. The van der Waals surface area contributed by atoms with Crippen LogP contribution in [0, 0.1) is 0 Å².